The van der Waals surface area contributed by atoms with Gasteiger partial charge < -0.3 is 5.11 Å². The van der Waals surface area contributed by atoms with E-state index in [-0.39, 0.29) is 5.75 Å². The third-order valence-corrected chi connectivity index (χ3v) is 2.79. The van der Waals surface area contributed by atoms with Crippen LogP contribution < -0.4 is 0 Å². The second kappa shape index (κ2) is 4.46. The van der Waals surface area contributed by atoms with Crippen molar-refractivity contribution in [3.05, 3.63) is 42.5 Å². The Hall–Kier alpha value is -1.33. The summed E-state index contributed by atoms with van der Waals surface area (Å²) in [5.74, 6) is -1.10. The minimum atomic E-state index is -4.08. The molecule has 1 aromatic rings. The van der Waals surface area contributed by atoms with Gasteiger partial charge in [-0.1, -0.05) is 24.3 Å². The van der Waals surface area contributed by atoms with E-state index >= 15 is 0 Å². The zero-order valence-electron chi connectivity index (χ0n) is 8.00. The third-order valence-electron chi connectivity index (χ3n) is 2.01. The molecule has 82 valence electrons. The van der Waals surface area contributed by atoms with Gasteiger partial charge in [-0.3, -0.25) is 4.55 Å². The van der Waals surface area contributed by atoms with Gasteiger partial charge in [-0.05, 0) is 6.07 Å². The standard InChI is InChI=1S/C10H12O4S/c1-2-8(7-15(12,13)14)9-5-3-4-6-10(9)11/h2-6,8,11H,1,7H2,(H,12,13,14). The van der Waals surface area contributed by atoms with Crippen molar-refractivity contribution in [1.29, 1.82) is 0 Å². The monoisotopic (exact) mass is 228 g/mol. The Morgan fingerprint density at radius 1 is 1.40 bits per heavy atom. The molecule has 0 radical (unpaired) electrons. The molecule has 1 rings (SSSR count). The van der Waals surface area contributed by atoms with Crippen LogP contribution in [-0.4, -0.2) is 23.8 Å². The smallest absolute Gasteiger partial charge is 0.265 e. The molecule has 1 aromatic carbocycles. The van der Waals surface area contributed by atoms with Crippen LogP contribution >= 0.6 is 0 Å². The van der Waals surface area contributed by atoms with Crippen LogP contribution in [0.3, 0.4) is 0 Å². The molecule has 5 heteroatoms. The Kier molecular flexibility index (Phi) is 3.49. The Morgan fingerprint density at radius 3 is 2.47 bits per heavy atom. The highest BCUT2D eigenvalue weighted by atomic mass is 32.2. The maximum absolute atomic E-state index is 10.7. The molecule has 4 nitrogen and oxygen atoms in total. The van der Waals surface area contributed by atoms with Gasteiger partial charge in [0.05, 0.1) is 5.75 Å². The maximum atomic E-state index is 10.7. The number of allylic oxidation sites excluding steroid dienone is 1. The van der Waals surface area contributed by atoms with Gasteiger partial charge in [0.25, 0.3) is 10.1 Å². The number of hydrogen-bond donors (Lipinski definition) is 2. The molecule has 0 fully saturated rings. The van der Waals surface area contributed by atoms with Gasteiger partial charge in [-0.25, -0.2) is 0 Å². The summed E-state index contributed by atoms with van der Waals surface area (Å²) in [5.41, 5.74) is 0.435. The minimum Gasteiger partial charge on any atom is -0.508 e. The van der Waals surface area contributed by atoms with Gasteiger partial charge in [0, 0.05) is 11.5 Å². The van der Waals surface area contributed by atoms with Gasteiger partial charge in [0.1, 0.15) is 5.75 Å². The summed E-state index contributed by atoms with van der Waals surface area (Å²) in [4.78, 5) is 0. The van der Waals surface area contributed by atoms with Crippen LogP contribution in [0.2, 0.25) is 0 Å². The van der Waals surface area contributed by atoms with Crippen molar-refractivity contribution in [1.82, 2.24) is 0 Å². The average Bonchev–Trinajstić information content (AvgIpc) is 2.14. The van der Waals surface area contributed by atoms with Crippen molar-refractivity contribution in [2.75, 3.05) is 5.75 Å². The van der Waals surface area contributed by atoms with Gasteiger partial charge >= 0.3 is 0 Å². The summed E-state index contributed by atoms with van der Waals surface area (Å²) in [6.07, 6.45) is 1.38. The number of para-hydroxylation sites is 1. The van der Waals surface area contributed by atoms with E-state index in [1.165, 1.54) is 12.1 Å². The molecule has 0 amide bonds. The van der Waals surface area contributed by atoms with Crippen molar-refractivity contribution in [3.8, 4) is 5.75 Å². The fraction of sp³-hybridized carbons (Fsp3) is 0.200. The molecule has 0 aliphatic rings. The zero-order chi connectivity index (χ0) is 11.5. The fourth-order valence-electron chi connectivity index (χ4n) is 1.31. The first kappa shape index (κ1) is 11.7. The van der Waals surface area contributed by atoms with E-state index < -0.39 is 21.8 Å². The zero-order valence-corrected chi connectivity index (χ0v) is 8.81. The van der Waals surface area contributed by atoms with E-state index in [4.69, 9.17) is 4.55 Å². The lowest BCUT2D eigenvalue weighted by atomic mass is 10.0. The first-order chi connectivity index (χ1) is 6.94. The highest BCUT2D eigenvalue weighted by Crippen LogP contribution is 2.27. The quantitative estimate of drug-likeness (QED) is 0.605. The number of benzene rings is 1. The van der Waals surface area contributed by atoms with E-state index in [9.17, 15) is 13.5 Å². The minimum absolute atomic E-state index is 0.00829. The highest BCUT2D eigenvalue weighted by Gasteiger charge is 2.18. The SMILES string of the molecule is C=CC(CS(=O)(=O)O)c1ccccc1O. The van der Waals surface area contributed by atoms with E-state index in [0.717, 1.165) is 0 Å². The number of rotatable bonds is 4. The van der Waals surface area contributed by atoms with Gasteiger partial charge in [0.15, 0.2) is 0 Å². The van der Waals surface area contributed by atoms with Crippen molar-refractivity contribution in [2.24, 2.45) is 0 Å². The van der Waals surface area contributed by atoms with Crippen LogP contribution in [0.15, 0.2) is 36.9 Å². The summed E-state index contributed by atoms with van der Waals surface area (Å²) in [6.45, 7) is 3.48. The second-order valence-corrected chi connectivity index (χ2v) is 4.65. The van der Waals surface area contributed by atoms with Crippen molar-refractivity contribution < 1.29 is 18.1 Å². The third kappa shape index (κ3) is 3.38. The summed E-state index contributed by atoms with van der Waals surface area (Å²) in [5, 5.41) is 9.48. The number of aromatic hydroxyl groups is 1. The molecular weight excluding hydrogens is 216 g/mol. The van der Waals surface area contributed by atoms with Crippen molar-refractivity contribution in [3.63, 3.8) is 0 Å². The summed E-state index contributed by atoms with van der Waals surface area (Å²) in [7, 11) is -4.08. The number of hydrogen-bond acceptors (Lipinski definition) is 3. The lowest BCUT2D eigenvalue weighted by Gasteiger charge is -2.12. The van der Waals surface area contributed by atoms with Gasteiger partial charge in [-0.2, -0.15) is 8.42 Å². The van der Waals surface area contributed by atoms with Crippen LogP contribution in [0.5, 0.6) is 5.75 Å². The fourth-order valence-corrected chi connectivity index (χ4v) is 2.08. The van der Waals surface area contributed by atoms with Gasteiger partial charge in [0.2, 0.25) is 0 Å². The normalized spacial score (nSPS) is 13.4. The Morgan fingerprint density at radius 2 is 2.00 bits per heavy atom. The van der Waals surface area contributed by atoms with E-state index in [0.29, 0.717) is 5.56 Å². The van der Waals surface area contributed by atoms with Crippen molar-refractivity contribution in [2.45, 2.75) is 5.92 Å². The summed E-state index contributed by atoms with van der Waals surface area (Å²) >= 11 is 0. The van der Waals surface area contributed by atoms with E-state index in [2.05, 4.69) is 6.58 Å². The van der Waals surface area contributed by atoms with E-state index in [1.54, 1.807) is 18.2 Å². The summed E-state index contributed by atoms with van der Waals surface area (Å²) < 4.78 is 30.1. The predicted molar refractivity (Wildman–Crippen MR) is 57.5 cm³/mol. The average molecular weight is 228 g/mol. The predicted octanol–water partition coefficient (Wildman–Crippen LogP) is 1.55. The molecule has 0 aromatic heterocycles. The molecule has 0 aliphatic heterocycles. The number of phenols is 1. The van der Waals surface area contributed by atoms with Crippen LogP contribution in [0.4, 0.5) is 0 Å². The Balaban J connectivity index is 3.04. The van der Waals surface area contributed by atoms with Gasteiger partial charge in [-0.15, -0.1) is 6.58 Å². The first-order valence-corrected chi connectivity index (χ1v) is 5.90. The molecule has 1 atom stereocenters. The molecule has 15 heavy (non-hydrogen) atoms. The summed E-state index contributed by atoms with van der Waals surface area (Å²) in [6, 6.07) is 6.35. The largest absolute Gasteiger partial charge is 0.508 e. The lowest BCUT2D eigenvalue weighted by molar-refractivity contribution is 0.463. The van der Waals surface area contributed by atoms with Crippen LogP contribution in [-0.2, 0) is 10.1 Å². The highest BCUT2D eigenvalue weighted by molar-refractivity contribution is 7.85. The topological polar surface area (TPSA) is 74.6 Å². The Labute approximate surface area is 88.6 Å². The number of phenolic OH excluding ortho intramolecular Hbond substituents is 1. The lowest BCUT2D eigenvalue weighted by Crippen LogP contribution is -2.12. The Bertz CT molecular complexity index is 450. The molecule has 0 aliphatic carbocycles. The second-order valence-electron chi connectivity index (χ2n) is 3.15. The molecule has 2 N–H and O–H groups in total. The van der Waals surface area contributed by atoms with Crippen LogP contribution in [0, 0.1) is 0 Å². The molecule has 0 saturated heterocycles. The maximum Gasteiger partial charge on any atom is 0.265 e. The van der Waals surface area contributed by atoms with Crippen molar-refractivity contribution >= 4 is 10.1 Å². The van der Waals surface area contributed by atoms with Crippen LogP contribution in [0.25, 0.3) is 0 Å². The van der Waals surface area contributed by atoms with Crippen LogP contribution in [0.1, 0.15) is 11.5 Å². The molecule has 0 bridgehead atoms. The van der Waals surface area contributed by atoms with E-state index in [1.807, 2.05) is 0 Å². The molecule has 0 heterocycles. The molecule has 0 spiro atoms. The molecule has 1 unspecified atom stereocenters. The first-order valence-electron chi connectivity index (χ1n) is 4.29. The molecule has 0 saturated carbocycles. The molecular formula is C10H12O4S.